The van der Waals surface area contributed by atoms with Crippen LogP contribution in [0.25, 0.3) is 0 Å². The lowest BCUT2D eigenvalue weighted by molar-refractivity contribution is 0.0698. The molecule has 0 aliphatic heterocycles. The van der Waals surface area contributed by atoms with Crippen LogP contribution in [0.5, 0.6) is 0 Å². The minimum atomic E-state index is -1.06. The van der Waals surface area contributed by atoms with Crippen LogP contribution >= 0.6 is 39.1 Å². The van der Waals surface area contributed by atoms with Gasteiger partial charge in [0, 0.05) is 39.4 Å². The van der Waals surface area contributed by atoms with Gasteiger partial charge in [0.25, 0.3) is 0 Å². The Balaban J connectivity index is 0.000000196. The first kappa shape index (κ1) is 26.8. The van der Waals surface area contributed by atoms with Crippen molar-refractivity contribution in [3.05, 3.63) is 117 Å². The maximum absolute atomic E-state index is 12.0. The first-order valence-electron chi connectivity index (χ1n) is 9.54. The summed E-state index contributed by atoms with van der Waals surface area (Å²) in [6.07, 6.45) is 3.30. The van der Waals surface area contributed by atoms with E-state index in [4.69, 9.17) is 39.8 Å². The zero-order valence-electron chi connectivity index (χ0n) is 17.5. The fourth-order valence-electron chi connectivity index (χ4n) is 2.42. The highest BCUT2D eigenvalue weighted by molar-refractivity contribution is 9.10. The zero-order chi connectivity index (χ0) is 25.1. The summed E-state index contributed by atoms with van der Waals surface area (Å²) in [4.78, 5) is 30.3. The van der Waals surface area contributed by atoms with Crippen molar-refractivity contribution in [3.8, 4) is 0 Å². The van der Waals surface area contributed by atoms with Crippen molar-refractivity contribution >= 4 is 62.3 Å². The average molecular weight is 562 g/mol. The molecule has 10 heteroatoms. The molecule has 4 aromatic rings. The lowest BCUT2D eigenvalue weighted by atomic mass is 10.1. The second-order valence-corrected chi connectivity index (χ2v) is 8.15. The highest BCUT2D eigenvalue weighted by atomic mass is 79.9. The number of hydrogen-bond acceptors (Lipinski definition) is 6. The smallest absolute Gasteiger partial charge is 0.337 e. The molecule has 2 aromatic carbocycles. The van der Waals surface area contributed by atoms with E-state index >= 15 is 0 Å². The molecule has 0 atom stereocenters. The molecule has 0 saturated heterocycles. The summed E-state index contributed by atoms with van der Waals surface area (Å²) in [7, 11) is 0. The molecule has 0 unspecified atom stereocenters. The Morgan fingerprint density at radius 2 is 1.29 bits per heavy atom. The van der Waals surface area contributed by atoms with Crippen LogP contribution in [0.1, 0.15) is 26.4 Å². The van der Waals surface area contributed by atoms with Crippen LogP contribution in [-0.2, 0) is 0 Å². The lowest BCUT2D eigenvalue weighted by Crippen LogP contribution is -2.06. The van der Waals surface area contributed by atoms with E-state index in [2.05, 4.69) is 25.9 Å². The van der Waals surface area contributed by atoms with E-state index < -0.39 is 5.97 Å². The van der Waals surface area contributed by atoms with Crippen molar-refractivity contribution in [2.24, 2.45) is 0 Å². The van der Waals surface area contributed by atoms with Crippen LogP contribution in [0.3, 0.4) is 0 Å². The van der Waals surface area contributed by atoms with Gasteiger partial charge in [-0.3, -0.25) is 9.78 Å². The number of ketones is 1. The molecule has 4 rings (SSSR count). The molecular formula is C24H19BrCl2N4O3. The predicted octanol–water partition coefficient (Wildman–Crippen LogP) is 6.01. The number of halogens is 3. The molecule has 5 N–H and O–H groups in total. The minimum absolute atomic E-state index is 0.0394. The number of rotatable bonds is 3. The van der Waals surface area contributed by atoms with Crippen LogP contribution in [-0.4, -0.2) is 26.8 Å². The number of hydrogen-bond donors (Lipinski definition) is 3. The number of carbonyl (C=O) groups excluding carboxylic acids is 1. The number of nitrogen functional groups attached to an aromatic ring is 2. The van der Waals surface area contributed by atoms with E-state index in [0.717, 1.165) is 4.60 Å². The Bertz CT molecular complexity index is 1260. The monoisotopic (exact) mass is 560 g/mol. The summed E-state index contributed by atoms with van der Waals surface area (Å²) in [6.45, 7) is 0. The standard InChI is InChI=1S/C12H9ClN2O.C7H6ClNO2.C5H4BrN/c13-8-4-5-10(14)9(7-8)12(16)11-3-1-2-6-15-11;8-4-1-2-6(9)5(3-4)7(10)11;6-5-3-1-2-4-7-5/h1-7H,14H2;1-3H,9H2,(H,10,11);1-4H. The van der Waals surface area contributed by atoms with Gasteiger partial charge in [-0.1, -0.05) is 35.3 Å². The number of aromatic nitrogens is 2. The number of carboxylic acids is 1. The normalized spacial score (nSPS) is 9.62. The lowest BCUT2D eigenvalue weighted by Gasteiger charge is -2.04. The van der Waals surface area contributed by atoms with Crippen molar-refractivity contribution in [3.63, 3.8) is 0 Å². The molecule has 0 aliphatic rings. The third-order valence-electron chi connectivity index (χ3n) is 4.03. The summed E-state index contributed by atoms with van der Waals surface area (Å²) >= 11 is 14.6. The fraction of sp³-hybridized carbons (Fsp3) is 0. The van der Waals surface area contributed by atoms with Crippen molar-refractivity contribution in [2.45, 2.75) is 0 Å². The minimum Gasteiger partial charge on any atom is -0.478 e. The molecule has 0 fully saturated rings. The third-order valence-corrected chi connectivity index (χ3v) is 4.97. The van der Waals surface area contributed by atoms with Gasteiger partial charge in [-0.25, -0.2) is 9.78 Å². The highest BCUT2D eigenvalue weighted by Gasteiger charge is 2.13. The quantitative estimate of drug-likeness (QED) is 0.158. The Morgan fingerprint density at radius 1 is 0.765 bits per heavy atom. The Labute approximate surface area is 214 Å². The summed E-state index contributed by atoms with van der Waals surface area (Å²) in [6, 6.07) is 20.0. The molecule has 7 nitrogen and oxygen atoms in total. The summed E-state index contributed by atoms with van der Waals surface area (Å²) < 4.78 is 0.884. The third kappa shape index (κ3) is 8.47. The molecule has 174 valence electrons. The fourth-order valence-corrected chi connectivity index (χ4v) is 3.03. The molecule has 0 bridgehead atoms. The van der Waals surface area contributed by atoms with Crippen molar-refractivity contribution < 1.29 is 14.7 Å². The van der Waals surface area contributed by atoms with Crippen LogP contribution in [0, 0.1) is 0 Å². The van der Waals surface area contributed by atoms with E-state index in [0.29, 0.717) is 27.0 Å². The van der Waals surface area contributed by atoms with Crippen molar-refractivity contribution in [1.82, 2.24) is 9.97 Å². The molecule has 34 heavy (non-hydrogen) atoms. The molecule has 0 radical (unpaired) electrons. The van der Waals surface area contributed by atoms with Crippen molar-refractivity contribution in [2.75, 3.05) is 11.5 Å². The van der Waals surface area contributed by atoms with E-state index in [-0.39, 0.29) is 17.0 Å². The van der Waals surface area contributed by atoms with E-state index in [1.807, 2.05) is 18.2 Å². The number of nitrogens with two attached hydrogens (primary N) is 2. The van der Waals surface area contributed by atoms with Crippen LogP contribution in [0.15, 0.2) is 89.8 Å². The number of carbonyl (C=O) groups is 2. The van der Waals surface area contributed by atoms with Gasteiger partial charge in [-0.15, -0.1) is 0 Å². The number of anilines is 2. The highest BCUT2D eigenvalue weighted by Crippen LogP contribution is 2.20. The van der Waals surface area contributed by atoms with Crippen molar-refractivity contribution in [1.29, 1.82) is 0 Å². The van der Waals surface area contributed by atoms with Crippen LogP contribution in [0.4, 0.5) is 11.4 Å². The van der Waals surface area contributed by atoms with Gasteiger partial charge in [0.15, 0.2) is 0 Å². The Morgan fingerprint density at radius 3 is 1.71 bits per heavy atom. The van der Waals surface area contributed by atoms with Gasteiger partial charge in [-0.05, 0) is 76.6 Å². The summed E-state index contributed by atoms with van der Waals surface area (Å²) in [5.74, 6) is -1.29. The Kier molecular flexibility index (Phi) is 10.5. The SMILES string of the molecule is Brc1ccccn1.Nc1ccc(Cl)cc1C(=O)O.Nc1ccc(Cl)cc1C(=O)c1ccccn1. The molecule has 0 saturated carbocycles. The second kappa shape index (κ2) is 13.3. The average Bonchev–Trinajstić information content (AvgIpc) is 2.83. The topological polar surface area (TPSA) is 132 Å². The maximum Gasteiger partial charge on any atom is 0.337 e. The van der Waals surface area contributed by atoms with Gasteiger partial charge < -0.3 is 16.6 Å². The number of benzene rings is 2. The van der Waals surface area contributed by atoms with Gasteiger partial charge in [-0.2, -0.15) is 0 Å². The van der Waals surface area contributed by atoms with Gasteiger partial charge in [0.2, 0.25) is 5.78 Å². The van der Waals surface area contributed by atoms with E-state index in [1.165, 1.54) is 12.1 Å². The van der Waals surface area contributed by atoms with Crippen LogP contribution < -0.4 is 11.5 Å². The number of nitrogens with zero attached hydrogens (tertiary/aromatic N) is 2. The molecule has 0 aliphatic carbocycles. The first-order valence-corrected chi connectivity index (χ1v) is 11.1. The molecule has 2 aromatic heterocycles. The molecular weight excluding hydrogens is 543 g/mol. The molecule has 0 amide bonds. The first-order chi connectivity index (χ1) is 16.2. The predicted molar refractivity (Wildman–Crippen MR) is 138 cm³/mol. The van der Waals surface area contributed by atoms with E-state index in [1.54, 1.807) is 54.9 Å². The summed E-state index contributed by atoms with van der Waals surface area (Å²) in [5, 5.41) is 9.40. The molecule has 2 heterocycles. The largest absolute Gasteiger partial charge is 0.478 e. The zero-order valence-corrected chi connectivity index (χ0v) is 20.6. The van der Waals surface area contributed by atoms with Crippen LogP contribution in [0.2, 0.25) is 10.0 Å². The van der Waals surface area contributed by atoms with Gasteiger partial charge in [0.05, 0.1) is 5.56 Å². The van der Waals surface area contributed by atoms with E-state index in [9.17, 15) is 9.59 Å². The Hall–Kier alpha value is -3.46. The van der Waals surface area contributed by atoms with Gasteiger partial charge in [0.1, 0.15) is 10.3 Å². The number of pyridine rings is 2. The number of carboxylic acid groups (broad SMARTS) is 1. The number of aromatic carboxylic acids is 1. The maximum atomic E-state index is 12.0. The van der Waals surface area contributed by atoms with Gasteiger partial charge >= 0.3 is 5.97 Å². The second-order valence-electron chi connectivity index (χ2n) is 6.46. The summed E-state index contributed by atoms with van der Waals surface area (Å²) in [5.41, 5.74) is 12.5. The molecule has 0 spiro atoms.